The van der Waals surface area contributed by atoms with Crippen molar-refractivity contribution in [3.05, 3.63) is 89.2 Å². The van der Waals surface area contributed by atoms with Gasteiger partial charge in [-0.3, -0.25) is 9.69 Å². The molecular formula is C40H46F3N7O7. The molecule has 304 valence electrons. The number of hydrogen-bond acceptors (Lipinski definition) is 12. The number of esters is 2. The Bertz CT molecular complexity index is 2040. The van der Waals surface area contributed by atoms with Gasteiger partial charge in [0.2, 0.25) is 17.9 Å². The molecule has 57 heavy (non-hydrogen) atoms. The molecule has 6 rings (SSSR count). The van der Waals surface area contributed by atoms with Crippen LogP contribution < -0.4 is 15.4 Å². The van der Waals surface area contributed by atoms with Crippen molar-refractivity contribution in [1.82, 2.24) is 24.6 Å². The lowest BCUT2D eigenvalue weighted by Crippen LogP contribution is -2.43. The Labute approximate surface area is 328 Å². The number of nitrogens with zero attached hydrogens (tertiary/aromatic N) is 6. The summed E-state index contributed by atoms with van der Waals surface area (Å²) in [4.78, 5) is 49.7. The maximum Gasteiger partial charge on any atom is 0.429 e. The Balaban J connectivity index is 1.19. The van der Waals surface area contributed by atoms with E-state index in [1.54, 1.807) is 38.2 Å². The van der Waals surface area contributed by atoms with Gasteiger partial charge >= 0.3 is 24.2 Å². The SMILES string of the molecule is CCOC(=O)[C@@H]1CC2(CCN(c3cc(O[C@H](c4ccc(CCCC(=O)OC)cc4-n4ccc(C)n4)C(F)(F)F)nc(N)n3)CC2)CN1C(=O)OCc1ccccc1. The molecule has 0 aliphatic carbocycles. The number of alkyl halides is 3. The minimum absolute atomic E-state index is 0.0508. The van der Waals surface area contributed by atoms with Gasteiger partial charge in [-0.1, -0.05) is 42.5 Å². The second kappa shape index (κ2) is 17.5. The number of anilines is 2. The van der Waals surface area contributed by atoms with Crippen molar-refractivity contribution < 1.29 is 46.5 Å². The first kappa shape index (κ1) is 40.8. The molecule has 2 N–H and O–H groups in total. The molecule has 2 aromatic carbocycles. The summed E-state index contributed by atoms with van der Waals surface area (Å²) >= 11 is 0. The van der Waals surface area contributed by atoms with Gasteiger partial charge < -0.3 is 29.6 Å². The Morgan fingerprint density at radius 1 is 1.00 bits per heavy atom. The number of ether oxygens (including phenoxy) is 4. The van der Waals surface area contributed by atoms with Crippen LogP contribution in [0.25, 0.3) is 5.69 Å². The molecule has 0 radical (unpaired) electrons. The number of aryl methyl sites for hydroxylation is 2. The van der Waals surface area contributed by atoms with E-state index in [0.29, 0.717) is 56.5 Å². The Kier molecular flexibility index (Phi) is 12.5. The van der Waals surface area contributed by atoms with Crippen molar-refractivity contribution in [2.75, 3.05) is 44.0 Å². The topological polar surface area (TPSA) is 164 Å². The van der Waals surface area contributed by atoms with Crippen LogP contribution in [0.15, 0.2) is 66.9 Å². The number of methoxy groups -OCH3 is 1. The van der Waals surface area contributed by atoms with Crippen LogP contribution in [0.4, 0.5) is 29.7 Å². The van der Waals surface area contributed by atoms with Gasteiger partial charge in [-0.05, 0) is 74.6 Å². The summed E-state index contributed by atoms with van der Waals surface area (Å²) in [7, 11) is 1.30. The number of carbonyl (C=O) groups is 3. The van der Waals surface area contributed by atoms with Crippen LogP contribution in [0, 0.1) is 12.3 Å². The lowest BCUT2D eigenvalue weighted by atomic mass is 9.76. The number of piperidine rings is 1. The minimum Gasteiger partial charge on any atom is -0.469 e. The number of halogens is 3. The van der Waals surface area contributed by atoms with Gasteiger partial charge in [0.25, 0.3) is 0 Å². The molecule has 2 aliphatic rings. The summed E-state index contributed by atoms with van der Waals surface area (Å²) < 4.78 is 67.5. The van der Waals surface area contributed by atoms with E-state index < -0.39 is 35.8 Å². The highest BCUT2D eigenvalue weighted by Crippen LogP contribution is 2.45. The second-order valence-corrected chi connectivity index (χ2v) is 14.3. The van der Waals surface area contributed by atoms with Crippen LogP contribution >= 0.6 is 0 Å². The maximum atomic E-state index is 14.9. The van der Waals surface area contributed by atoms with E-state index in [2.05, 4.69) is 15.1 Å². The van der Waals surface area contributed by atoms with E-state index in [-0.39, 0.29) is 61.0 Å². The Hall–Kier alpha value is -5.87. The van der Waals surface area contributed by atoms with Gasteiger partial charge in [0.15, 0.2) is 0 Å². The smallest absolute Gasteiger partial charge is 0.429 e. The first-order chi connectivity index (χ1) is 27.3. The molecule has 0 bridgehead atoms. The van der Waals surface area contributed by atoms with Gasteiger partial charge in [0.1, 0.15) is 18.5 Å². The van der Waals surface area contributed by atoms with E-state index in [0.717, 1.165) is 5.56 Å². The number of nitrogens with two attached hydrogens (primary N) is 1. The highest BCUT2D eigenvalue weighted by Gasteiger charge is 2.51. The first-order valence-electron chi connectivity index (χ1n) is 18.8. The van der Waals surface area contributed by atoms with Crippen molar-refractivity contribution in [1.29, 1.82) is 0 Å². The highest BCUT2D eigenvalue weighted by atomic mass is 19.4. The van der Waals surface area contributed by atoms with E-state index >= 15 is 0 Å². The third kappa shape index (κ3) is 9.93. The number of aromatic nitrogens is 4. The monoisotopic (exact) mass is 793 g/mol. The van der Waals surface area contributed by atoms with Crippen LogP contribution in [0.3, 0.4) is 0 Å². The fourth-order valence-electron chi connectivity index (χ4n) is 7.40. The zero-order valence-electron chi connectivity index (χ0n) is 32.0. The van der Waals surface area contributed by atoms with Gasteiger partial charge in [-0.2, -0.15) is 28.2 Å². The normalized spacial score (nSPS) is 17.0. The molecule has 2 aliphatic heterocycles. The van der Waals surface area contributed by atoms with Gasteiger partial charge in [0, 0.05) is 43.9 Å². The molecule has 0 unspecified atom stereocenters. The zero-order valence-corrected chi connectivity index (χ0v) is 32.0. The predicted molar refractivity (Wildman–Crippen MR) is 201 cm³/mol. The summed E-state index contributed by atoms with van der Waals surface area (Å²) in [5, 5.41) is 4.37. The van der Waals surface area contributed by atoms with Crippen LogP contribution in [-0.2, 0) is 36.8 Å². The van der Waals surface area contributed by atoms with Crippen molar-refractivity contribution in [3.8, 4) is 11.6 Å². The lowest BCUT2D eigenvalue weighted by Gasteiger charge is -2.39. The van der Waals surface area contributed by atoms with Gasteiger partial charge in [0.05, 0.1) is 25.1 Å². The molecule has 1 spiro atoms. The van der Waals surface area contributed by atoms with Crippen molar-refractivity contribution in [3.63, 3.8) is 0 Å². The Morgan fingerprint density at radius 3 is 2.42 bits per heavy atom. The second-order valence-electron chi connectivity index (χ2n) is 14.3. The third-order valence-corrected chi connectivity index (χ3v) is 10.3. The van der Waals surface area contributed by atoms with Gasteiger partial charge in [-0.25, -0.2) is 14.3 Å². The third-order valence-electron chi connectivity index (χ3n) is 10.3. The molecule has 2 aromatic heterocycles. The molecule has 2 atom stereocenters. The van der Waals surface area contributed by atoms with Crippen molar-refractivity contribution in [2.24, 2.45) is 5.41 Å². The van der Waals surface area contributed by atoms with Gasteiger partial charge in [-0.15, -0.1) is 0 Å². The van der Waals surface area contributed by atoms with E-state index in [1.165, 1.54) is 28.8 Å². The highest BCUT2D eigenvalue weighted by molar-refractivity contribution is 5.82. The average Bonchev–Trinajstić information content (AvgIpc) is 3.80. The number of rotatable bonds is 13. The molecule has 1 amide bonds. The zero-order chi connectivity index (χ0) is 40.7. The summed E-state index contributed by atoms with van der Waals surface area (Å²) in [5.74, 6) is -1.26. The molecule has 4 heterocycles. The summed E-state index contributed by atoms with van der Waals surface area (Å²) in [6.07, 6.45) is -3.92. The van der Waals surface area contributed by atoms with E-state index in [1.807, 2.05) is 35.2 Å². The largest absolute Gasteiger partial charge is 0.469 e. The number of carbonyl (C=O) groups excluding carboxylic acids is 3. The molecule has 2 saturated heterocycles. The molecule has 17 heteroatoms. The number of likely N-dealkylation sites (tertiary alicyclic amines) is 1. The van der Waals surface area contributed by atoms with Crippen LogP contribution in [-0.4, -0.2) is 88.2 Å². The molecule has 4 aromatic rings. The predicted octanol–water partition coefficient (Wildman–Crippen LogP) is 6.29. The van der Waals surface area contributed by atoms with Crippen LogP contribution in [0.5, 0.6) is 5.88 Å². The average molecular weight is 794 g/mol. The van der Waals surface area contributed by atoms with Crippen LogP contribution in [0.2, 0.25) is 0 Å². The van der Waals surface area contributed by atoms with E-state index in [9.17, 15) is 27.6 Å². The lowest BCUT2D eigenvalue weighted by molar-refractivity contribution is -0.198. The molecule has 2 fully saturated rings. The first-order valence-corrected chi connectivity index (χ1v) is 18.8. The Morgan fingerprint density at radius 2 is 1.75 bits per heavy atom. The summed E-state index contributed by atoms with van der Waals surface area (Å²) in [6, 6.07) is 15.9. The quantitative estimate of drug-likeness (QED) is 0.119. The summed E-state index contributed by atoms with van der Waals surface area (Å²) in [5.41, 5.74) is 7.68. The number of benzene rings is 2. The molecule has 0 saturated carbocycles. The summed E-state index contributed by atoms with van der Waals surface area (Å²) in [6.45, 7) is 4.72. The fraction of sp³-hybridized carbons (Fsp3) is 0.450. The van der Waals surface area contributed by atoms with Crippen molar-refractivity contribution >= 4 is 29.8 Å². The minimum atomic E-state index is -4.88. The molecule has 14 nitrogen and oxygen atoms in total. The standard InChI is InChI=1S/C40H46F3N7O7/c1-4-55-36(52)31-23-39(25-49(31)38(53)56-24-28-9-6-5-7-10-28)16-19-48(20-17-39)32-22-33(46-37(44)45-32)57-35(40(41,42)43)29-14-13-27(11-8-12-34(51)54-3)21-30(29)50-18-15-26(2)47-50/h5-7,9-10,13-15,18,21-22,31,35H,4,8,11-12,16-17,19-20,23-25H2,1-3H3,(H2,44,45,46)/t31-,35+/m0/s1. The van der Waals surface area contributed by atoms with Crippen molar-refractivity contribution in [2.45, 2.75) is 77.3 Å². The van der Waals surface area contributed by atoms with E-state index in [4.69, 9.17) is 24.7 Å². The number of hydrogen-bond donors (Lipinski definition) is 1. The van der Waals surface area contributed by atoms with Crippen LogP contribution in [0.1, 0.15) is 67.5 Å². The molecular weight excluding hydrogens is 747 g/mol. The number of nitrogen functional groups attached to an aromatic ring is 1. The fourth-order valence-corrected chi connectivity index (χ4v) is 7.40. The maximum absolute atomic E-state index is 14.9. The number of amides is 1.